The van der Waals surface area contributed by atoms with Gasteiger partial charge in [0, 0.05) is 0 Å². The van der Waals surface area contributed by atoms with Crippen LogP contribution < -0.4 is 5.73 Å². The molecule has 2 unspecified atom stereocenters. The van der Waals surface area contributed by atoms with Crippen LogP contribution in [-0.2, 0) is 4.79 Å². The van der Waals surface area contributed by atoms with Gasteiger partial charge < -0.3 is 5.73 Å². The SMILES string of the molecule is CC(C)CC1N=C(N)C(C#N)C1=O. The fourth-order valence-corrected chi connectivity index (χ4v) is 1.40. The summed E-state index contributed by atoms with van der Waals surface area (Å²) in [6.07, 6.45) is 0.678. The molecule has 0 radical (unpaired) electrons. The lowest BCUT2D eigenvalue weighted by Crippen LogP contribution is -2.26. The highest BCUT2D eigenvalue weighted by molar-refractivity contribution is 6.12. The second-order valence-corrected chi connectivity index (χ2v) is 3.66. The number of carbonyl (C=O) groups excluding carboxylic acids is 1. The van der Waals surface area contributed by atoms with Crippen LogP contribution in [0.25, 0.3) is 0 Å². The number of hydrogen-bond donors (Lipinski definition) is 1. The van der Waals surface area contributed by atoms with Gasteiger partial charge in [0.1, 0.15) is 11.9 Å². The average molecular weight is 179 g/mol. The fourth-order valence-electron chi connectivity index (χ4n) is 1.40. The molecule has 2 N–H and O–H groups in total. The van der Waals surface area contributed by atoms with Gasteiger partial charge >= 0.3 is 0 Å². The van der Waals surface area contributed by atoms with Crippen molar-refractivity contribution in [1.82, 2.24) is 0 Å². The first-order chi connectivity index (χ1) is 6.06. The topological polar surface area (TPSA) is 79.2 Å². The predicted octanol–water partition coefficient (Wildman–Crippen LogP) is 0.481. The summed E-state index contributed by atoms with van der Waals surface area (Å²) >= 11 is 0. The summed E-state index contributed by atoms with van der Waals surface area (Å²) in [5, 5.41) is 8.63. The molecule has 13 heavy (non-hydrogen) atoms. The van der Waals surface area contributed by atoms with Gasteiger partial charge in [-0.05, 0) is 12.3 Å². The Labute approximate surface area is 77.4 Å². The Balaban J connectivity index is 2.73. The van der Waals surface area contributed by atoms with Crippen molar-refractivity contribution in [3.8, 4) is 6.07 Å². The van der Waals surface area contributed by atoms with Crippen molar-refractivity contribution in [2.75, 3.05) is 0 Å². The standard InChI is InChI=1S/C9H13N3O/c1-5(2)3-7-8(13)6(4-10)9(11)12-7/h5-7H,3H2,1-2H3,(H2,11,12). The van der Waals surface area contributed by atoms with E-state index in [1.807, 2.05) is 19.9 Å². The molecule has 1 aliphatic heterocycles. The molecular formula is C9H13N3O. The van der Waals surface area contributed by atoms with Crippen LogP contribution in [0.4, 0.5) is 0 Å². The van der Waals surface area contributed by atoms with E-state index in [1.54, 1.807) is 0 Å². The minimum absolute atomic E-state index is 0.145. The molecule has 4 heteroatoms. The van der Waals surface area contributed by atoms with Crippen molar-refractivity contribution in [3.05, 3.63) is 0 Å². The summed E-state index contributed by atoms with van der Waals surface area (Å²) < 4.78 is 0. The first-order valence-electron chi connectivity index (χ1n) is 4.32. The molecule has 1 rings (SSSR count). The highest BCUT2D eigenvalue weighted by atomic mass is 16.1. The summed E-state index contributed by atoms with van der Waals surface area (Å²) in [6, 6.07) is 1.48. The molecule has 0 bridgehead atoms. The molecule has 70 valence electrons. The third-order valence-corrected chi connectivity index (χ3v) is 2.04. The highest BCUT2D eigenvalue weighted by Crippen LogP contribution is 2.19. The number of nitrogens with two attached hydrogens (primary N) is 1. The lowest BCUT2D eigenvalue weighted by Gasteiger charge is -2.07. The molecule has 1 heterocycles. The van der Waals surface area contributed by atoms with Gasteiger partial charge in [0.05, 0.1) is 6.07 Å². The quantitative estimate of drug-likeness (QED) is 0.669. The number of nitrogens with zero attached hydrogens (tertiary/aromatic N) is 2. The normalized spacial score (nSPS) is 27.5. The first kappa shape index (κ1) is 9.72. The molecule has 1 aliphatic rings. The maximum atomic E-state index is 11.5. The summed E-state index contributed by atoms with van der Waals surface area (Å²) in [5.74, 6) is -0.376. The molecular weight excluding hydrogens is 166 g/mol. The number of rotatable bonds is 2. The van der Waals surface area contributed by atoms with Gasteiger partial charge in [-0.1, -0.05) is 13.8 Å². The zero-order valence-corrected chi connectivity index (χ0v) is 7.82. The Bertz CT molecular complexity index is 288. The summed E-state index contributed by atoms with van der Waals surface area (Å²) in [4.78, 5) is 15.4. The Kier molecular flexibility index (Phi) is 2.66. The van der Waals surface area contributed by atoms with E-state index in [-0.39, 0.29) is 17.7 Å². The van der Waals surface area contributed by atoms with Crippen LogP contribution in [0.15, 0.2) is 4.99 Å². The lowest BCUT2D eigenvalue weighted by molar-refractivity contribution is -0.120. The number of hydrogen-bond acceptors (Lipinski definition) is 4. The molecule has 0 saturated carbocycles. The molecule has 0 aromatic rings. The number of Topliss-reactive ketones (excluding diaryl/α,β-unsaturated/α-hetero) is 1. The minimum atomic E-state index is -0.802. The third-order valence-electron chi connectivity index (χ3n) is 2.04. The van der Waals surface area contributed by atoms with Crippen LogP contribution >= 0.6 is 0 Å². The molecule has 0 spiro atoms. The van der Waals surface area contributed by atoms with Crippen molar-refractivity contribution in [2.45, 2.75) is 26.3 Å². The van der Waals surface area contributed by atoms with Crippen molar-refractivity contribution in [1.29, 1.82) is 5.26 Å². The predicted molar refractivity (Wildman–Crippen MR) is 49.0 cm³/mol. The van der Waals surface area contributed by atoms with Gasteiger partial charge in [0.25, 0.3) is 0 Å². The Morgan fingerprint density at radius 3 is 2.69 bits per heavy atom. The van der Waals surface area contributed by atoms with Crippen LogP contribution in [-0.4, -0.2) is 17.7 Å². The monoisotopic (exact) mass is 179 g/mol. The van der Waals surface area contributed by atoms with Crippen molar-refractivity contribution < 1.29 is 4.79 Å². The lowest BCUT2D eigenvalue weighted by atomic mass is 9.96. The minimum Gasteiger partial charge on any atom is -0.386 e. The van der Waals surface area contributed by atoms with E-state index in [1.165, 1.54) is 0 Å². The van der Waals surface area contributed by atoms with E-state index >= 15 is 0 Å². The van der Waals surface area contributed by atoms with Crippen molar-refractivity contribution >= 4 is 11.6 Å². The molecule has 0 aromatic heterocycles. The van der Waals surface area contributed by atoms with E-state index in [2.05, 4.69) is 4.99 Å². The average Bonchev–Trinajstić information content (AvgIpc) is 2.26. The van der Waals surface area contributed by atoms with Crippen LogP contribution in [0.5, 0.6) is 0 Å². The maximum absolute atomic E-state index is 11.5. The Morgan fingerprint density at radius 2 is 2.31 bits per heavy atom. The van der Waals surface area contributed by atoms with Crippen molar-refractivity contribution in [3.63, 3.8) is 0 Å². The van der Waals surface area contributed by atoms with Gasteiger partial charge in [-0.25, -0.2) is 0 Å². The number of nitriles is 1. The molecule has 0 fully saturated rings. The van der Waals surface area contributed by atoms with Crippen LogP contribution in [0, 0.1) is 23.2 Å². The maximum Gasteiger partial charge on any atom is 0.182 e. The highest BCUT2D eigenvalue weighted by Gasteiger charge is 2.35. The van der Waals surface area contributed by atoms with E-state index in [9.17, 15) is 4.79 Å². The van der Waals surface area contributed by atoms with Crippen LogP contribution in [0.2, 0.25) is 0 Å². The smallest absolute Gasteiger partial charge is 0.182 e. The van der Waals surface area contributed by atoms with Gasteiger partial charge in [-0.3, -0.25) is 9.79 Å². The number of aliphatic imine (C=N–C) groups is 1. The van der Waals surface area contributed by atoms with Crippen LogP contribution in [0.3, 0.4) is 0 Å². The summed E-state index contributed by atoms with van der Waals surface area (Å²) in [7, 11) is 0. The van der Waals surface area contributed by atoms with Gasteiger partial charge in [0.2, 0.25) is 0 Å². The first-order valence-corrected chi connectivity index (χ1v) is 4.32. The van der Waals surface area contributed by atoms with Crippen molar-refractivity contribution in [2.24, 2.45) is 22.6 Å². The molecule has 0 amide bonds. The molecule has 2 atom stereocenters. The second-order valence-electron chi connectivity index (χ2n) is 3.66. The van der Waals surface area contributed by atoms with Crippen LogP contribution in [0.1, 0.15) is 20.3 Å². The second kappa shape index (κ2) is 3.56. The number of ketones is 1. The van der Waals surface area contributed by atoms with E-state index in [4.69, 9.17) is 11.0 Å². The molecule has 4 nitrogen and oxygen atoms in total. The third kappa shape index (κ3) is 1.86. The van der Waals surface area contributed by atoms with Gasteiger partial charge in [-0.2, -0.15) is 5.26 Å². The number of amidine groups is 1. The Hall–Kier alpha value is -1.37. The largest absolute Gasteiger partial charge is 0.386 e. The van der Waals surface area contributed by atoms with E-state index in [0.29, 0.717) is 12.3 Å². The fraction of sp³-hybridized carbons (Fsp3) is 0.667. The molecule has 0 aromatic carbocycles. The summed E-state index contributed by atoms with van der Waals surface area (Å²) in [6.45, 7) is 4.03. The van der Waals surface area contributed by atoms with E-state index in [0.717, 1.165) is 0 Å². The zero-order chi connectivity index (χ0) is 10.0. The zero-order valence-electron chi connectivity index (χ0n) is 7.82. The Morgan fingerprint density at radius 1 is 1.69 bits per heavy atom. The van der Waals surface area contributed by atoms with E-state index < -0.39 is 5.92 Å². The summed E-state index contributed by atoms with van der Waals surface area (Å²) in [5.41, 5.74) is 5.45. The molecule has 0 saturated heterocycles. The molecule has 0 aliphatic carbocycles. The van der Waals surface area contributed by atoms with Gasteiger partial charge in [-0.15, -0.1) is 0 Å². The number of carbonyl (C=O) groups is 1. The van der Waals surface area contributed by atoms with Gasteiger partial charge in [0.15, 0.2) is 11.7 Å².